The van der Waals surface area contributed by atoms with E-state index < -0.39 is 0 Å². The van der Waals surface area contributed by atoms with Crippen LogP contribution in [0.1, 0.15) is 31.4 Å². The second-order valence-electron chi connectivity index (χ2n) is 5.04. The molecule has 102 valence electrons. The number of nitrogens with one attached hydrogen (secondary N) is 2. The average Bonchev–Trinajstić information content (AvgIpc) is 2.63. The predicted molar refractivity (Wildman–Crippen MR) is 71.5 cm³/mol. The summed E-state index contributed by atoms with van der Waals surface area (Å²) in [6, 6.07) is 4.61. The maximum Gasteiger partial charge on any atom is 0.221 e. The number of halogens is 1. The van der Waals surface area contributed by atoms with Gasteiger partial charge in [-0.25, -0.2) is 4.39 Å². The highest BCUT2D eigenvalue weighted by molar-refractivity contribution is 6.00. The van der Waals surface area contributed by atoms with Gasteiger partial charge in [0.05, 0.1) is 0 Å². The van der Waals surface area contributed by atoms with Gasteiger partial charge in [0, 0.05) is 31.1 Å². The number of fused-ring (bicyclic) bond motifs is 1. The third kappa shape index (κ3) is 3.10. The van der Waals surface area contributed by atoms with E-state index in [1.807, 2.05) is 13.8 Å². The predicted octanol–water partition coefficient (Wildman–Crippen LogP) is 1.88. The average molecular weight is 263 g/mol. The van der Waals surface area contributed by atoms with Crippen molar-refractivity contribution in [2.24, 2.45) is 0 Å². The van der Waals surface area contributed by atoms with Crippen LogP contribution in [-0.4, -0.2) is 29.2 Å². The van der Waals surface area contributed by atoms with E-state index in [1.54, 1.807) is 11.0 Å². The Kier molecular flexibility index (Phi) is 3.83. The fourth-order valence-corrected chi connectivity index (χ4v) is 2.18. The topological polar surface area (TPSA) is 56.2 Å². The van der Waals surface area contributed by atoms with Crippen molar-refractivity contribution in [3.05, 3.63) is 35.1 Å². The molecule has 1 aliphatic heterocycles. The molecule has 0 unspecified atom stereocenters. The minimum atomic E-state index is -0.331. The second kappa shape index (κ2) is 5.38. The van der Waals surface area contributed by atoms with Gasteiger partial charge in [0.25, 0.3) is 0 Å². The van der Waals surface area contributed by atoms with Crippen molar-refractivity contribution in [1.82, 2.24) is 10.2 Å². The van der Waals surface area contributed by atoms with Crippen LogP contribution in [0.2, 0.25) is 0 Å². The van der Waals surface area contributed by atoms with E-state index in [2.05, 4.69) is 5.32 Å². The van der Waals surface area contributed by atoms with E-state index in [1.165, 1.54) is 12.1 Å². The van der Waals surface area contributed by atoms with E-state index >= 15 is 0 Å². The lowest BCUT2D eigenvalue weighted by molar-refractivity contribution is -0.121. The van der Waals surface area contributed by atoms with Crippen molar-refractivity contribution in [3.63, 3.8) is 0 Å². The molecule has 1 amide bonds. The van der Waals surface area contributed by atoms with Crippen LogP contribution in [0.3, 0.4) is 0 Å². The number of amidine groups is 1. The Morgan fingerprint density at radius 3 is 2.95 bits per heavy atom. The number of hydrogen-bond donors (Lipinski definition) is 2. The molecule has 0 saturated carbocycles. The first-order valence-corrected chi connectivity index (χ1v) is 6.39. The fourth-order valence-electron chi connectivity index (χ4n) is 2.18. The van der Waals surface area contributed by atoms with E-state index in [0.29, 0.717) is 30.9 Å². The first kappa shape index (κ1) is 13.5. The summed E-state index contributed by atoms with van der Waals surface area (Å²) in [6.45, 7) is 4.87. The molecule has 0 spiro atoms. The van der Waals surface area contributed by atoms with Crippen LogP contribution >= 0.6 is 0 Å². The van der Waals surface area contributed by atoms with E-state index in [9.17, 15) is 9.18 Å². The monoisotopic (exact) mass is 263 g/mol. The molecule has 1 aromatic carbocycles. The summed E-state index contributed by atoms with van der Waals surface area (Å²) >= 11 is 0. The van der Waals surface area contributed by atoms with Gasteiger partial charge < -0.3 is 10.2 Å². The van der Waals surface area contributed by atoms with Gasteiger partial charge in [0.2, 0.25) is 5.91 Å². The summed E-state index contributed by atoms with van der Waals surface area (Å²) < 4.78 is 13.1. The molecule has 0 aromatic heterocycles. The van der Waals surface area contributed by atoms with Crippen LogP contribution < -0.4 is 5.32 Å². The van der Waals surface area contributed by atoms with Crippen molar-refractivity contribution < 1.29 is 9.18 Å². The van der Waals surface area contributed by atoms with Gasteiger partial charge in [0.15, 0.2) is 0 Å². The zero-order valence-corrected chi connectivity index (χ0v) is 11.2. The van der Waals surface area contributed by atoms with Gasteiger partial charge in [-0.2, -0.15) is 0 Å². The Morgan fingerprint density at radius 2 is 2.26 bits per heavy atom. The molecule has 0 atom stereocenters. The molecule has 0 saturated heterocycles. The minimum absolute atomic E-state index is 0.0232. The zero-order chi connectivity index (χ0) is 14.0. The molecule has 19 heavy (non-hydrogen) atoms. The Labute approximate surface area is 112 Å². The van der Waals surface area contributed by atoms with Crippen LogP contribution in [0, 0.1) is 11.2 Å². The molecule has 1 heterocycles. The van der Waals surface area contributed by atoms with E-state index in [0.717, 1.165) is 5.56 Å². The highest BCUT2D eigenvalue weighted by Gasteiger charge is 2.24. The number of carbonyl (C=O) groups is 1. The molecule has 0 bridgehead atoms. The Hall–Kier alpha value is -1.91. The summed E-state index contributed by atoms with van der Waals surface area (Å²) in [6.07, 6.45) is 0.344. The highest BCUT2D eigenvalue weighted by Crippen LogP contribution is 2.23. The lowest BCUT2D eigenvalue weighted by atomic mass is 10.1. The summed E-state index contributed by atoms with van der Waals surface area (Å²) in [5.74, 6) is -0.0558. The first-order chi connectivity index (χ1) is 8.97. The summed E-state index contributed by atoms with van der Waals surface area (Å²) in [5.41, 5.74) is 1.57. The Morgan fingerprint density at radius 1 is 1.53 bits per heavy atom. The van der Waals surface area contributed by atoms with Crippen molar-refractivity contribution >= 4 is 11.7 Å². The van der Waals surface area contributed by atoms with Gasteiger partial charge in [-0.3, -0.25) is 10.2 Å². The molecule has 1 aliphatic rings. The van der Waals surface area contributed by atoms with Gasteiger partial charge >= 0.3 is 0 Å². The van der Waals surface area contributed by atoms with Crippen molar-refractivity contribution in [1.29, 1.82) is 5.41 Å². The number of hydrogen-bond acceptors (Lipinski definition) is 2. The smallest absolute Gasteiger partial charge is 0.221 e. The third-order valence-electron chi connectivity index (χ3n) is 3.06. The summed E-state index contributed by atoms with van der Waals surface area (Å²) in [5, 5.41) is 10.8. The molecule has 5 heteroatoms. The SMILES string of the molecule is CC(C)NC(=O)CCN1Cc2ccc(F)cc2C1=N. The van der Waals surface area contributed by atoms with Crippen molar-refractivity contribution in [2.45, 2.75) is 32.9 Å². The molecule has 2 rings (SSSR count). The number of nitrogens with zero attached hydrogens (tertiary/aromatic N) is 1. The maximum atomic E-state index is 13.1. The van der Waals surface area contributed by atoms with Crippen LogP contribution in [0.4, 0.5) is 4.39 Å². The van der Waals surface area contributed by atoms with Crippen molar-refractivity contribution in [2.75, 3.05) is 6.54 Å². The Bertz CT molecular complexity index is 513. The van der Waals surface area contributed by atoms with Gasteiger partial charge in [0.1, 0.15) is 11.7 Å². The van der Waals surface area contributed by atoms with E-state index in [-0.39, 0.29) is 17.8 Å². The van der Waals surface area contributed by atoms with Gasteiger partial charge in [-0.1, -0.05) is 6.07 Å². The molecular formula is C14H18FN3O. The highest BCUT2D eigenvalue weighted by atomic mass is 19.1. The molecule has 4 nitrogen and oxygen atoms in total. The van der Waals surface area contributed by atoms with Crippen LogP contribution in [0.25, 0.3) is 0 Å². The minimum Gasteiger partial charge on any atom is -0.354 e. The number of benzene rings is 1. The molecule has 2 N–H and O–H groups in total. The molecule has 0 radical (unpaired) electrons. The van der Waals surface area contributed by atoms with Crippen LogP contribution in [0.15, 0.2) is 18.2 Å². The third-order valence-corrected chi connectivity index (χ3v) is 3.06. The Balaban J connectivity index is 1.95. The first-order valence-electron chi connectivity index (χ1n) is 6.39. The van der Waals surface area contributed by atoms with Crippen LogP contribution in [0.5, 0.6) is 0 Å². The van der Waals surface area contributed by atoms with Gasteiger partial charge in [-0.05, 0) is 31.5 Å². The lowest BCUT2D eigenvalue weighted by Crippen LogP contribution is -2.34. The molecular weight excluding hydrogens is 245 g/mol. The van der Waals surface area contributed by atoms with E-state index in [4.69, 9.17) is 5.41 Å². The molecule has 0 fully saturated rings. The number of carbonyl (C=O) groups excluding carboxylic acids is 1. The summed E-state index contributed by atoms with van der Waals surface area (Å²) in [4.78, 5) is 13.4. The zero-order valence-electron chi connectivity index (χ0n) is 11.2. The largest absolute Gasteiger partial charge is 0.354 e. The molecule has 1 aromatic rings. The van der Waals surface area contributed by atoms with Crippen molar-refractivity contribution in [3.8, 4) is 0 Å². The van der Waals surface area contributed by atoms with Gasteiger partial charge in [-0.15, -0.1) is 0 Å². The second-order valence-corrected chi connectivity index (χ2v) is 5.04. The fraction of sp³-hybridized carbons (Fsp3) is 0.429. The summed E-state index contributed by atoms with van der Waals surface area (Å²) in [7, 11) is 0. The number of rotatable bonds is 4. The molecule has 0 aliphatic carbocycles. The quantitative estimate of drug-likeness (QED) is 0.871. The maximum absolute atomic E-state index is 13.1. The number of amides is 1. The standard InChI is InChI=1S/C14H18FN3O/c1-9(2)17-13(19)5-6-18-8-10-3-4-11(15)7-12(10)14(18)16/h3-4,7,9,16H,5-6,8H2,1-2H3,(H,17,19). The lowest BCUT2D eigenvalue weighted by Gasteiger charge is -2.18. The van der Waals surface area contributed by atoms with Crippen LogP contribution in [-0.2, 0) is 11.3 Å². The normalized spacial score (nSPS) is 13.9.